The van der Waals surface area contributed by atoms with Gasteiger partial charge in [-0.15, -0.1) is 22.1 Å². The number of rotatable bonds is 7. The van der Waals surface area contributed by atoms with Crippen molar-refractivity contribution in [3.8, 4) is 34.9 Å². The molecule has 5 rings (SSSR count). The zero-order valence-electron chi connectivity index (χ0n) is 19.9. The van der Waals surface area contributed by atoms with Crippen molar-refractivity contribution in [2.45, 2.75) is 45.1 Å². The summed E-state index contributed by atoms with van der Waals surface area (Å²) in [6.45, 7) is 0.332. The van der Waals surface area contributed by atoms with E-state index in [-0.39, 0.29) is 11.8 Å². The monoisotopic (exact) mass is 481 g/mol. The number of hydrogen-bond donors (Lipinski definition) is 1. The van der Waals surface area contributed by atoms with Crippen molar-refractivity contribution >= 4 is 5.91 Å². The third-order valence-electron chi connectivity index (χ3n) is 6.98. The second-order valence-electron chi connectivity index (χ2n) is 9.24. The second-order valence-corrected chi connectivity index (χ2v) is 9.24. The molecule has 1 aliphatic rings. The highest BCUT2D eigenvalue weighted by Gasteiger charge is 2.28. The van der Waals surface area contributed by atoms with Crippen molar-refractivity contribution in [1.82, 2.24) is 35.0 Å². The summed E-state index contributed by atoms with van der Waals surface area (Å²) in [4.78, 5) is 25.9. The third-order valence-corrected chi connectivity index (χ3v) is 6.98. The van der Waals surface area contributed by atoms with E-state index in [4.69, 9.17) is 6.42 Å². The first-order valence-electron chi connectivity index (χ1n) is 12.2. The maximum absolute atomic E-state index is 13.0. The summed E-state index contributed by atoms with van der Waals surface area (Å²) in [5.74, 6) is 3.49. The summed E-state index contributed by atoms with van der Waals surface area (Å²) in [5, 5.41) is 18.3. The molecule has 1 saturated carbocycles. The molecule has 1 aliphatic carbocycles. The number of terminal acetylenes is 1. The van der Waals surface area contributed by atoms with Crippen LogP contribution in [0.5, 0.6) is 0 Å². The fraction of sp³-hybridized carbons (Fsp3) is 0.333. The number of aromatic amines is 1. The van der Waals surface area contributed by atoms with Crippen molar-refractivity contribution < 1.29 is 4.79 Å². The first kappa shape index (κ1) is 23.4. The van der Waals surface area contributed by atoms with Crippen LogP contribution in [0.1, 0.15) is 48.9 Å². The number of nitrogens with zero attached hydrogens (tertiary/aromatic N) is 6. The Morgan fingerprint density at radius 3 is 2.50 bits per heavy atom. The molecule has 0 amide bonds. The van der Waals surface area contributed by atoms with Crippen LogP contribution in [0.3, 0.4) is 0 Å². The number of carbonyl (C=O) groups excluding carboxylic acids is 1. The van der Waals surface area contributed by atoms with Gasteiger partial charge in [0.05, 0.1) is 6.54 Å². The summed E-state index contributed by atoms with van der Waals surface area (Å²) in [7, 11) is 0. The van der Waals surface area contributed by atoms with Crippen molar-refractivity contribution in [3.05, 3.63) is 70.9 Å². The summed E-state index contributed by atoms with van der Waals surface area (Å²) in [5.41, 5.74) is 3.42. The van der Waals surface area contributed by atoms with Gasteiger partial charge in [0.1, 0.15) is 6.33 Å². The van der Waals surface area contributed by atoms with Crippen molar-refractivity contribution in [3.63, 3.8) is 0 Å². The number of tetrazole rings is 1. The van der Waals surface area contributed by atoms with E-state index in [0.717, 1.165) is 65.5 Å². The number of H-pyrrole nitrogens is 1. The van der Waals surface area contributed by atoms with Crippen LogP contribution >= 0.6 is 0 Å². The van der Waals surface area contributed by atoms with Gasteiger partial charge >= 0.3 is 5.69 Å². The summed E-state index contributed by atoms with van der Waals surface area (Å²) < 4.78 is 2.50. The van der Waals surface area contributed by atoms with Gasteiger partial charge in [-0.05, 0) is 65.1 Å². The predicted octanol–water partition coefficient (Wildman–Crippen LogP) is 3.80. The highest BCUT2D eigenvalue weighted by molar-refractivity contribution is 5.81. The van der Waals surface area contributed by atoms with Gasteiger partial charge in [0.15, 0.2) is 5.82 Å². The molecule has 0 unspecified atom stereocenters. The zero-order chi connectivity index (χ0) is 24.9. The van der Waals surface area contributed by atoms with Crippen LogP contribution in [0.15, 0.2) is 59.7 Å². The van der Waals surface area contributed by atoms with Crippen LogP contribution in [0, 0.1) is 24.2 Å². The van der Waals surface area contributed by atoms with Crippen LogP contribution in [0.2, 0.25) is 0 Å². The molecule has 182 valence electrons. The van der Waals surface area contributed by atoms with Crippen LogP contribution in [0.4, 0.5) is 0 Å². The average Bonchev–Trinajstić information content (AvgIpc) is 3.58. The Labute approximate surface area is 208 Å². The van der Waals surface area contributed by atoms with Gasteiger partial charge in [0, 0.05) is 17.9 Å². The Balaban J connectivity index is 1.27. The number of hydrogen-bond acceptors (Lipinski definition) is 6. The summed E-state index contributed by atoms with van der Waals surface area (Å²) >= 11 is 0. The minimum Gasteiger partial charge on any atom is -0.277 e. The summed E-state index contributed by atoms with van der Waals surface area (Å²) in [6, 6.07) is 15.8. The van der Waals surface area contributed by atoms with Crippen LogP contribution < -0.4 is 5.69 Å². The molecule has 0 saturated heterocycles. The van der Waals surface area contributed by atoms with Gasteiger partial charge in [-0.25, -0.2) is 9.89 Å². The normalized spacial score (nSPS) is 17.5. The van der Waals surface area contributed by atoms with Gasteiger partial charge < -0.3 is 0 Å². The largest absolute Gasteiger partial charge is 0.353 e. The van der Waals surface area contributed by atoms with E-state index >= 15 is 0 Å². The van der Waals surface area contributed by atoms with Gasteiger partial charge in [0.25, 0.3) is 5.91 Å². The lowest BCUT2D eigenvalue weighted by atomic mass is 9.80. The molecule has 2 aromatic carbocycles. The van der Waals surface area contributed by atoms with E-state index < -0.39 is 5.69 Å². The highest BCUT2D eigenvalue weighted by atomic mass is 16.2. The molecule has 0 aliphatic heterocycles. The molecule has 4 aromatic rings. The lowest BCUT2D eigenvalue weighted by Crippen LogP contribution is -2.35. The van der Waals surface area contributed by atoms with Crippen molar-refractivity contribution in [2.24, 2.45) is 11.8 Å². The molecule has 9 heteroatoms. The zero-order valence-corrected chi connectivity index (χ0v) is 19.9. The van der Waals surface area contributed by atoms with E-state index in [0.29, 0.717) is 18.3 Å². The first-order chi connectivity index (χ1) is 17.6. The fourth-order valence-electron chi connectivity index (χ4n) is 4.95. The molecule has 2 aromatic heterocycles. The van der Waals surface area contributed by atoms with Crippen LogP contribution in [-0.2, 0) is 6.54 Å². The van der Waals surface area contributed by atoms with E-state index in [1.165, 1.54) is 10.9 Å². The SMILES string of the molecule is C#CCCC1CCC(C(=O)n2ncn(Cc3ccc(-c4ccccc4-c4nnn[nH]4)cc3)c2=O)CC1. The fourth-order valence-corrected chi connectivity index (χ4v) is 4.95. The van der Waals surface area contributed by atoms with E-state index in [2.05, 4.69) is 31.6 Å². The van der Waals surface area contributed by atoms with Gasteiger partial charge in [-0.2, -0.15) is 5.10 Å². The second kappa shape index (κ2) is 10.5. The maximum Gasteiger partial charge on any atom is 0.353 e. The van der Waals surface area contributed by atoms with Gasteiger partial charge in [-0.1, -0.05) is 48.5 Å². The van der Waals surface area contributed by atoms with Crippen molar-refractivity contribution in [1.29, 1.82) is 0 Å². The minimum atomic E-state index is -0.401. The van der Waals surface area contributed by atoms with Crippen molar-refractivity contribution in [2.75, 3.05) is 0 Å². The molecular formula is C27H27N7O2. The van der Waals surface area contributed by atoms with E-state index in [1.54, 1.807) is 0 Å². The molecule has 0 bridgehead atoms. The van der Waals surface area contributed by atoms with Crippen LogP contribution in [0.25, 0.3) is 22.5 Å². The minimum absolute atomic E-state index is 0.160. The number of benzene rings is 2. The van der Waals surface area contributed by atoms with Gasteiger partial charge in [0.2, 0.25) is 0 Å². The Hall–Kier alpha value is -4.32. The predicted molar refractivity (Wildman–Crippen MR) is 135 cm³/mol. The molecule has 9 nitrogen and oxygen atoms in total. The first-order valence-corrected chi connectivity index (χ1v) is 12.2. The number of nitrogens with one attached hydrogen (secondary N) is 1. The number of aromatic nitrogens is 7. The van der Waals surface area contributed by atoms with Gasteiger partial charge in [-0.3, -0.25) is 9.36 Å². The van der Waals surface area contributed by atoms with Crippen LogP contribution in [-0.4, -0.2) is 40.9 Å². The van der Waals surface area contributed by atoms with E-state index in [1.807, 2.05) is 48.5 Å². The highest BCUT2D eigenvalue weighted by Crippen LogP contribution is 2.32. The Morgan fingerprint density at radius 1 is 1.06 bits per heavy atom. The maximum atomic E-state index is 13.0. The molecular weight excluding hydrogens is 454 g/mol. The average molecular weight is 482 g/mol. The number of carbonyl (C=O) groups is 1. The molecule has 0 atom stereocenters. The Kier molecular flexibility index (Phi) is 6.85. The smallest absolute Gasteiger partial charge is 0.277 e. The lowest BCUT2D eigenvalue weighted by molar-refractivity contribution is 0.0759. The molecule has 2 heterocycles. The third kappa shape index (κ3) is 4.89. The molecule has 1 N–H and O–H groups in total. The quantitative estimate of drug-likeness (QED) is 0.402. The molecule has 36 heavy (non-hydrogen) atoms. The molecule has 1 fully saturated rings. The van der Waals surface area contributed by atoms with E-state index in [9.17, 15) is 9.59 Å². The Morgan fingerprint density at radius 2 is 1.81 bits per heavy atom. The standard InChI is InChI=1S/C27H27N7O2/c1-2-3-6-19-9-15-22(16-10-19)26(35)34-27(36)33(18-28-34)17-20-11-13-21(14-12-20)23-7-4-5-8-24(23)25-29-31-32-30-25/h1,4-5,7-8,11-14,18-19,22H,3,6,9-10,15-17H2,(H,29,30,31,32). The lowest BCUT2D eigenvalue weighted by Gasteiger charge is -2.26. The summed E-state index contributed by atoms with van der Waals surface area (Å²) in [6.07, 6.45) is 12.1. The Bertz CT molecular complexity index is 1420. The molecule has 0 spiro atoms. The topological polar surface area (TPSA) is 111 Å². The molecule has 0 radical (unpaired) electrons.